The number of aromatic nitrogens is 2. The molecule has 1 aromatic heterocycles. The van der Waals surface area contributed by atoms with Crippen molar-refractivity contribution in [3.05, 3.63) is 3.92 Å². The maximum Gasteiger partial charge on any atom is 0.434 e. The molecule has 0 spiro atoms. The van der Waals surface area contributed by atoms with Gasteiger partial charge in [-0.15, -0.1) is 5.10 Å². The largest absolute Gasteiger partial charge is 0.446 e. The van der Waals surface area contributed by atoms with Gasteiger partial charge in [-0.3, -0.25) is 0 Å². The van der Waals surface area contributed by atoms with Crippen molar-refractivity contribution in [1.82, 2.24) is 10.2 Å². The predicted octanol–water partition coefficient (Wildman–Crippen LogP) is 3.17. The third-order valence-electron chi connectivity index (χ3n) is 1.20. The zero-order valence-electron chi connectivity index (χ0n) is 6.93. The Morgan fingerprint density at radius 3 is 1.88 bits per heavy atom. The van der Waals surface area contributed by atoms with Gasteiger partial charge in [0.2, 0.25) is 0 Å². The molecule has 92 valence electrons. The molecule has 0 saturated heterocycles. The Hall–Kier alpha value is -0.580. The van der Waals surface area contributed by atoms with Crippen LogP contribution in [0.3, 0.4) is 0 Å². The molecule has 0 radical (unpaired) electrons. The quantitative estimate of drug-likeness (QED) is 0.781. The number of hydrogen-bond donors (Lipinski definition) is 0. The molecule has 0 aliphatic heterocycles. The molecule has 0 bridgehead atoms. The van der Waals surface area contributed by atoms with E-state index in [2.05, 4.69) is 30.9 Å². The molecule has 1 aromatic rings. The SMILES string of the molecule is FC(F)(F)C(Oc1nnc(Br)s1)C(F)(F)F. The Bertz CT molecular complexity index is 349. The Morgan fingerprint density at radius 1 is 1.06 bits per heavy atom. The lowest BCUT2D eigenvalue weighted by molar-refractivity contribution is -0.299. The summed E-state index contributed by atoms with van der Waals surface area (Å²) in [5.41, 5.74) is 0. The molecule has 0 amide bonds. The standard InChI is InChI=1S/C5HBrF6N2OS/c6-2-13-14-3(16-2)15-1(4(7,8)9)5(10,11)12/h1H. The molecule has 0 atom stereocenters. The number of halogens is 7. The minimum atomic E-state index is -5.56. The van der Waals surface area contributed by atoms with Crippen molar-refractivity contribution in [3.63, 3.8) is 0 Å². The monoisotopic (exact) mass is 330 g/mol. The van der Waals surface area contributed by atoms with Gasteiger partial charge in [0.05, 0.1) is 0 Å². The van der Waals surface area contributed by atoms with Crippen LogP contribution < -0.4 is 4.74 Å². The molecule has 0 aromatic carbocycles. The zero-order valence-corrected chi connectivity index (χ0v) is 9.34. The summed E-state index contributed by atoms with van der Waals surface area (Å²) in [6.45, 7) is 0. The molecule has 16 heavy (non-hydrogen) atoms. The van der Waals surface area contributed by atoms with Crippen LogP contribution in [0.2, 0.25) is 0 Å². The second kappa shape index (κ2) is 4.35. The topological polar surface area (TPSA) is 35.0 Å². The summed E-state index contributed by atoms with van der Waals surface area (Å²) in [7, 11) is 0. The van der Waals surface area contributed by atoms with Crippen molar-refractivity contribution < 1.29 is 31.1 Å². The summed E-state index contributed by atoms with van der Waals surface area (Å²) in [5.74, 6) is 0. The van der Waals surface area contributed by atoms with Crippen LogP contribution in [0.25, 0.3) is 0 Å². The molecular weight excluding hydrogens is 330 g/mol. The fourth-order valence-electron chi connectivity index (χ4n) is 0.661. The molecule has 0 aliphatic carbocycles. The maximum atomic E-state index is 12.0. The van der Waals surface area contributed by atoms with Crippen LogP contribution in [-0.4, -0.2) is 28.7 Å². The average Bonchev–Trinajstić information content (AvgIpc) is 2.43. The highest BCUT2D eigenvalue weighted by Crippen LogP contribution is 2.37. The van der Waals surface area contributed by atoms with Crippen LogP contribution in [0.5, 0.6) is 5.19 Å². The van der Waals surface area contributed by atoms with Crippen molar-refractivity contribution in [2.45, 2.75) is 18.5 Å². The van der Waals surface area contributed by atoms with Crippen LogP contribution in [0, 0.1) is 0 Å². The van der Waals surface area contributed by atoms with Crippen molar-refractivity contribution >= 4 is 27.3 Å². The van der Waals surface area contributed by atoms with E-state index >= 15 is 0 Å². The molecule has 1 heterocycles. The van der Waals surface area contributed by atoms with Gasteiger partial charge >= 0.3 is 12.4 Å². The van der Waals surface area contributed by atoms with E-state index in [0.29, 0.717) is 11.3 Å². The molecule has 0 unspecified atom stereocenters. The van der Waals surface area contributed by atoms with Crippen LogP contribution in [0.15, 0.2) is 3.92 Å². The van der Waals surface area contributed by atoms with Crippen molar-refractivity contribution in [2.24, 2.45) is 0 Å². The second-order valence-electron chi connectivity index (χ2n) is 2.40. The van der Waals surface area contributed by atoms with Gasteiger partial charge in [0.1, 0.15) is 0 Å². The fourth-order valence-corrected chi connectivity index (χ4v) is 1.61. The van der Waals surface area contributed by atoms with E-state index in [1.807, 2.05) is 0 Å². The first-order valence-corrected chi connectivity index (χ1v) is 5.01. The number of hydrogen-bond acceptors (Lipinski definition) is 4. The molecular formula is C5HBrF6N2OS. The number of ether oxygens (including phenoxy) is 1. The van der Waals surface area contributed by atoms with E-state index in [9.17, 15) is 26.3 Å². The van der Waals surface area contributed by atoms with Gasteiger partial charge in [-0.2, -0.15) is 26.3 Å². The van der Waals surface area contributed by atoms with E-state index in [4.69, 9.17) is 0 Å². The molecule has 3 nitrogen and oxygen atoms in total. The summed E-state index contributed by atoms with van der Waals surface area (Å²) < 4.78 is 75.8. The molecule has 11 heteroatoms. The first-order chi connectivity index (χ1) is 7.10. The summed E-state index contributed by atoms with van der Waals surface area (Å²) in [6, 6.07) is 0. The lowest BCUT2D eigenvalue weighted by Crippen LogP contribution is -2.46. The summed E-state index contributed by atoms with van der Waals surface area (Å²) in [6.07, 6.45) is -15.0. The van der Waals surface area contributed by atoms with Gasteiger partial charge in [0.15, 0.2) is 3.92 Å². The summed E-state index contributed by atoms with van der Waals surface area (Å²) >= 11 is 3.15. The van der Waals surface area contributed by atoms with Crippen LogP contribution in [-0.2, 0) is 0 Å². The number of nitrogens with zero attached hydrogens (tertiary/aromatic N) is 2. The van der Waals surface area contributed by atoms with Crippen LogP contribution >= 0.6 is 27.3 Å². The van der Waals surface area contributed by atoms with Gasteiger partial charge in [-0.05, 0) is 27.3 Å². The lowest BCUT2D eigenvalue weighted by Gasteiger charge is -2.21. The first kappa shape index (κ1) is 13.5. The van der Waals surface area contributed by atoms with Gasteiger partial charge in [0.25, 0.3) is 11.3 Å². The third kappa shape index (κ3) is 3.47. The number of alkyl halides is 6. The van der Waals surface area contributed by atoms with Crippen LogP contribution in [0.4, 0.5) is 26.3 Å². The molecule has 0 fully saturated rings. The van der Waals surface area contributed by atoms with Gasteiger partial charge in [-0.25, -0.2) is 0 Å². The first-order valence-electron chi connectivity index (χ1n) is 3.40. The predicted molar refractivity (Wildman–Crippen MR) is 44.1 cm³/mol. The van der Waals surface area contributed by atoms with Crippen molar-refractivity contribution in [2.75, 3.05) is 0 Å². The lowest BCUT2D eigenvalue weighted by atomic mass is 10.3. The van der Waals surface area contributed by atoms with Gasteiger partial charge in [0, 0.05) is 0 Å². The van der Waals surface area contributed by atoms with E-state index in [-0.39, 0.29) is 3.92 Å². The van der Waals surface area contributed by atoms with E-state index in [1.165, 1.54) is 0 Å². The smallest absolute Gasteiger partial charge is 0.434 e. The highest BCUT2D eigenvalue weighted by atomic mass is 79.9. The van der Waals surface area contributed by atoms with Crippen molar-refractivity contribution in [3.8, 4) is 5.19 Å². The third-order valence-corrected chi connectivity index (χ3v) is 2.44. The maximum absolute atomic E-state index is 12.0. The van der Waals surface area contributed by atoms with E-state index in [0.717, 1.165) is 0 Å². The molecule has 0 aliphatic rings. The minimum Gasteiger partial charge on any atom is -0.446 e. The number of rotatable bonds is 2. The Kier molecular flexibility index (Phi) is 3.67. The average molecular weight is 331 g/mol. The summed E-state index contributed by atoms with van der Waals surface area (Å²) in [4.78, 5) is 0. The summed E-state index contributed by atoms with van der Waals surface area (Å²) in [5, 5.41) is 5.33. The normalized spacial score (nSPS) is 13.2. The zero-order chi connectivity index (χ0) is 12.6. The Labute approximate surface area is 96.5 Å². The molecule has 0 N–H and O–H groups in total. The Morgan fingerprint density at radius 2 is 1.56 bits per heavy atom. The second-order valence-corrected chi connectivity index (χ2v) is 4.62. The highest BCUT2D eigenvalue weighted by molar-refractivity contribution is 9.11. The van der Waals surface area contributed by atoms with E-state index < -0.39 is 23.7 Å². The molecule has 0 saturated carbocycles. The van der Waals surface area contributed by atoms with Gasteiger partial charge < -0.3 is 4.74 Å². The van der Waals surface area contributed by atoms with Crippen LogP contribution in [0.1, 0.15) is 0 Å². The van der Waals surface area contributed by atoms with E-state index in [1.54, 1.807) is 0 Å². The molecule has 1 rings (SSSR count). The fraction of sp³-hybridized carbons (Fsp3) is 0.600. The van der Waals surface area contributed by atoms with Crippen molar-refractivity contribution in [1.29, 1.82) is 0 Å². The minimum absolute atomic E-state index is 0.0191. The highest BCUT2D eigenvalue weighted by Gasteiger charge is 2.59. The van der Waals surface area contributed by atoms with Gasteiger partial charge in [-0.1, -0.05) is 5.10 Å². The Balaban J connectivity index is 2.88.